The highest BCUT2D eigenvalue weighted by molar-refractivity contribution is 5.83. The summed E-state index contributed by atoms with van der Waals surface area (Å²) in [4.78, 5) is 23.1. The Kier molecular flexibility index (Phi) is 18.5. The van der Waals surface area contributed by atoms with Crippen molar-refractivity contribution in [3.05, 3.63) is 0 Å². The fourth-order valence-electron chi connectivity index (χ4n) is 7.57. The second-order valence-electron chi connectivity index (χ2n) is 14.5. The maximum atomic E-state index is 11.9. The predicted octanol–water partition coefficient (Wildman–Crippen LogP) is 7.12. The number of hydrogen-bond acceptors (Lipinski definition) is 8. The molecule has 9 atom stereocenters. The number of unbranched alkanes of at least 4 members (excludes halogenated alkanes) is 10. The molecule has 3 aliphatic heterocycles. The van der Waals surface area contributed by atoms with E-state index in [0.717, 1.165) is 103 Å². The van der Waals surface area contributed by atoms with Crippen LogP contribution in [0.25, 0.3) is 0 Å². The van der Waals surface area contributed by atoms with Crippen LogP contribution in [-0.2, 0) is 23.8 Å². The molecule has 3 heterocycles. The SMILES string of the molecule is CCCCCC(O)CCCC[C@H](O)[C@@H]1CC[C@@H]([C@@H]2CC[C@@H]([C@H](O)CCCCCCCCCC[C@H]3CC(CC(C)=O)C(=O)O3)O2)O1. The lowest BCUT2D eigenvalue weighted by molar-refractivity contribution is -0.145. The largest absolute Gasteiger partial charge is 0.462 e. The van der Waals surface area contributed by atoms with Crippen molar-refractivity contribution < 1.29 is 39.1 Å². The zero-order valence-corrected chi connectivity index (χ0v) is 28.5. The molecule has 0 aliphatic carbocycles. The predicted molar refractivity (Wildman–Crippen MR) is 176 cm³/mol. The van der Waals surface area contributed by atoms with Gasteiger partial charge in [-0.05, 0) is 77.6 Å². The summed E-state index contributed by atoms with van der Waals surface area (Å²) < 4.78 is 18.0. The minimum Gasteiger partial charge on any atom is -0.462 e. The summed E-state index contributed by atoms with van der Waals surface area (Å²) in [6.45, 7) is 3.71. The van der Waals surface area contributed by atoms with Crippen molar-refractivity contribution in [2.75, 3.05) is 0 Å². The van der Waals surface area contributed by atoms with Gasteiger partial charge >= 0.3 is 5.97 Å². The molecular weight excluding hydrogens is 572 g/mol. The molecule has 262 valence electrons. The molecule has 0 radical (unpaired) electrons. The Morgan fingerprint density at radius 2 is 1.20 bits per heavy atom. The minimum absolute atomic E-state index is 0.00507. The van der Waals surface area contributed by atoms with Crippen molar-refractivity contribution in [2.24, 2.45) is 5.92 Å². The van der Waals surface area contributed by atoms with Crippen LogP contribution in [-0.4, -0.2) is 75.9 Å². The third-order valence-corrected chi connectivity index (χ3v) is 10.3. The summed E-state index contributed by atoms with van der Waals surface area (Å²) in [5, 5.41) is 31.6. The van der Waals surface area contributed by atoms with E-state index in [4.69, 9.17) is 14.2 Å². The Hall–Kier alpha value is -1.06. The zero-order chi connectivity index (χ0) is 32.4. The molecule has 3 N–H and O–H groups in total. The lowest BCUT2D eigenvalue weighted by atomic mass is 9.96. The highest BCUT2D eigenvalue weighted by atomic mass is 16.6. The highest BCUT2D eigenvalue weighted by Gasteiger charge is 2.40. The van der Waals surface area contributed by atoms with Crippen LogP contribution in [0.4, 0.5) is 0 Å². The monoisotopic (exact) mass is 638 g/mol. The van der Waals surface area contributed by atoms with E-state index < -0.39 is 12.2 Å². The Morgan fingerprint density at radius 3 is 1.76 bits per heavy atom. The third kappa shape index (κ3) is 14.7. The summed E-state index contributed by atoms with van der Waals surface area (Å²) in [6.07, 6.45) is 21.8. The van der Waals surface area contributed by atoms with Gasteiger partial charge in [0.15, 0.2) is 0 Å². The molecule has 3 fully saturated rings. The summed E-state index contributed by atoms with van der Waals surface area (Å²) >= 11 is 0. The quantitative estimate of drug-likeness (QED) is 0.0714. The van der Waals surface area contributed by atoms with E-state index in [1.165, 1.54) is 45.4 Å². The van der Waals surface area contributed by atoms with Crippen molar-refractivity contribution in [3.8, 4) is 0 Å². The maximum Gasteiger partial charge on any atom is 0.309 e. The molecule has 3 rings (SSSR count). The van der Waals surface area contributed by atoms with Crippen LogP contribution >= 0.6 is 0 Å². The average Bonchev–Trinajstić information content (AvgIpc) is 3.76. The van der Waals surface area contributed by atoms with Gasteiger partial charge in [-0.15, -0.1) is 0 Å². The van der Waals surface area contributed by atoms with Gasteiger partial charge in [-0.2, -0.15) is 0 Å². The van der Waals surface area contributed by atoms with E-state index in [9.17, 15) is 24.9 Å². The standard InChI is InChI=1S/C37H66O8/c1-3-4-11-16-29(39)17-14-15-20-32(41)34-22-24-36(45-34)35-23-21-33(44-35)31(40)19-13-10-8-6-5-7-9-12-18-30-26-28(25-27(2)38)37(42)43-30/h28-36,39-41H,3-26H2,1-2H3/t28?,29?,30-,31+,32-,33-,34-,35-,36-/m0/s1. The van der Waals surface area contributed by atoms with Gasteiger partial charge in [0.2, 0.25) is 0 Å². The molecule has 0 aromatic heterocycles. The molecule has 8 heteroatoms. The van der Waals surface area contributed by atoms with E-state index >= 15 is 0 Å². The van der Waals surface area contributed by atoms with Crippen LogP contribution < -0.4 is 0 Å². The Bertz CT molecular complexity index is 820. The van der Waals surface area contributed by atoms with E-state index in [1.54, 1.807) is 0 Å². The fraction of sp³-hybridized carbons (Fsp3) is 0.946. The van der Waals surface area contributed by atoms with Crippen molar-refractivity contribution in [3.63, 3.8) is 0 Å². The number of cyclic esters (lactones) is 1. The van der Waals surface area contributed by atoms with Crippen LogP contribution in [0.15, 0.2) is 0 Å². The first-order valence-corrected chi connectivity index (χ1v) is 18.8. The van der Waals surface area contributed by atoms with Gasteiger partial charge in [0.05, 0.1) is 48.6 Å². The van der Waals surface area contributed by atoms with Crippen LogP contribution in [0.1, 0.15) is 168 Å². The van der Waals surface area contributed by atoms with Gasteiger partial charge in [0.25, 0.3) is 0 Å². The van der Waals surface area contributed by atoms with E-state index in [0.29, 0.717) is 12.8 Å². The molecule has 3 saturated heterocycles. The number of esters is 1. The summed E-state index contributed by atoms with van der Waals surface area (Å²) in [5.41, 5.74) is 0. The number of aliphatic hydroxyl groups excluding tert-OH is 3. The maximum absolute atomic E-state index is 11.9. The highest BCUT2D eigenvalue weighted by Crippen LogP contribution is 2.35. The average molecular weight is 639 g/mol. The number of aliphatic hydroxyl groups is 3. The third-order valence-electron chi connectivity index (χ3n) is 10.3. The molecule has 0 aromatic rings. The van der Waals surface area contributed by atoms with Gasteiger partial charge in [-0.1, -0.05) is 84.0 Å². The summed E-state index contributed by atoms with van der Waals surface area (Å²) in [5.74, 6) is -0.365. The molecule has 45 heavy (non-hydrogen) atoms. The van der Waals surface area contributed by atoms with Crippen molar-refractivity contribution >= 4 is 11.8 Å². The number of ether oxygens (including phenoxy) is 3. The normalized spacial score (nSPS) is 28.8. The first kappa shape index (κ1) is 38.4. The van der Waals surface area contributed by atoms with Gasteiger partial charge in [-0.3, -0.25) is 4.79 Å². The lowest BCUT2D eigenvalue weighted by Crippen LogP contribution is -2.33. The molecule has 8 nitrogen and oxygen atoms in total. The summed E-state index contributed by atoms with van der Waals surface area (Å²) in [7, 11) is 0. The Morgan fingerprint density at radius 1 is 0.711 bits per heavy atom. The number of carbonyl (C=O) groups excluding carboxylic acids is 2. The molecule has 0 aromatic carbocycles. The number of Topliss-reactive ketones (excluding diaryl/α,β-unsaturated/α-hetero) is 1. The molecule has 0 spiro atoms. The molecule has 2 unspecified atom stereocenters. The van der Waals surface area contributed by atoms with Crippen LogP contribution in [0.3, 0.4) is 0 Å². The molecular formula is C37H66O8. The molecule has 0 amide bonds. The zero-order valence-electron chi connectivity index (χ0n) is 28.5. The Labute approximate surface area is 273 Å². The van der Waals surface area contributed by atoms with Gasteiger partial charge in [0.1, 0.15) is 11.9 Å². The van der Waals surface area contributed by atoms with Gasteiger partial charge in [-0.25, -0.2) is 0 Å². The van der Waals surface area contributed by atoms with Crippen molar-refractivity contribution in [1.82, 2.24) is 0 Å². The van der Waals surface area contributed by atoms with Crippen molar-refractivity contribution in [2.45, 2.75) is 217 Å². The number of ketones is 1. The number of rotatable bonds is 25. The second-order valence-corrected chi connectivity index (χ2v) is 14.5. The summed E-state index contributed by atoms with van der Waals surface area (Å²) in [6, 6.07) is 0. The topological polar surface area (TPSA) is 123 Å². The fourth-order valence-corrected chi connectivity index (χ4v) is 7.57. The van der Waals surface area contributed by atoms with E-state index in [-0.39, 0.29) is 54.3 Å². The van der Waals surface area contributed by atoms with Crippen LogP contribution in [0, 0.1) is 5.92 Å². The first-order chi connectivity index (χ1) is 21.8. The van der Waals surface area contributed by atoms with Gasteiger partial charge in [0, 0.05) is 6.42 Å². The minimum atomic E-state index is -0.457. The molecule has 0 bridgehead atoms. The van der Waals surface area contributed by atoms with Crippen LogP contribution in [0.2, 0.25) is 0 Å². The molecule has 3 aliphatic rings. The Balaban J connectivity index is 1.14. The lowest BCUT2D eigenvalue weighted by Gasteiger charge is -2.24. The van der Waals surface area contributed by atoms with Gasteiger partial charge < -0.3 is 34.3 Å². The number of hydrogen-bond donors (Lipinski definition) is 3. The van der Waals surface area contributed by atoms with E-state index in [2.05, 4.69) is 6.92 Å². The first-order valence-electron chi connectivity index (χ1n) is 18.8. The van der Waals surface area contributed by atoms with E-state index in [1.807, 2.05) is 0 Å². The smallest absolute Gasteiger partial charge is 0.309 e. The number of carbonyl (C=O) groups is 2. The molecule has 0 saturated carbocycles. The van der Waals surface area contributed by atoms with Crippen molar-refractivity contribution in [1.29, 1.82) is 0 Å². The van der Waals surface area contributed by atoms with Crippen LogP contribution in [0.5, 0.6) is 0 Å². The second kappa shape index (κ2) is 21.7.